The molecule has 7 heteroatoms. The molecule has 2 heterocycles. The van der Waals surface area contributed by atoms with E-state index in [1.165, 1.54) is 6.20 Å². The van der Waals surface area contributed by atoms with Gasteiger partial charge in [0, 0.05) is 12.4 Å². The lowest BCUT2D eigenvalue weighted by Gasteiger charge is -2.33. The van der Waals surface area contributed by atoms with Gasteiger partial charge in [-0.1, -0.05) is 6.07 Å². The van der Waals surface area contributed by atoms with E-state index in [-0.39, 0.29) is 0 Å². The minimum atomic E-state index is -4.43. The van der Waals surface area contributed by atoms with Crippen LogP contribution in [0, 0.1) is 0 Å². The first-order valence-electron chi connectivity index (χ1n) is 5.05. The van der Waals surface area contributed by atoms with Crippen molar-refractivity contribution >= 4 is 18.0 Å². The van der Waals surface area contributed by atoms with Crippen LogP contribution < -0.4 is 5.32 Å². The van der Waals surface area contributed by atoms with Crippen molar-refractivity contribution in [1.29, 1.82) is 0 Å². The summed E-state index contributed by atoms with van der Waals surface area (Å²) in [5.41, 5.74) is -0.388. The van der Waals surface area contributed by atoms with E-state index >= 15 is 0 Å². The number of rotatable bonds is 2. The van der Waals surface area contributed by atoms with Crippen LogP contribution in [0.3, 0.4) is 0 Å². The highest BCUT2D eigenvalue weighted by Crippen LogP contribution is 2.37. The standard InChI is InChI=1S/C11H10F3N3S/c1-18-11(9-4-2-3-6-15-9)16-7-5-8(17-11)10(12,13)14/h2-7,17H,1H3. The number of aromatic nitrogens is 1. The van der Waals surface area contributed by atoms with Gasteiger partial charge in [0.2, 0.25) is 4.99 Å². The van der Waals surface area contributed by atoms with Crippen molar-refractivity contribution in [2.75, 3.05) is 6.26 Å². The van der Waals surface area contributed by atoms with Crippen LogP contribution in [-0.2, 0) is 4.99 Å². The maximum Gasteiger partial charge on any atom is 0.431 e. The molecule has 1 aliphatic heterocycles. The number of allylic oxidation sites excluding steroid dienone is 2. The second-order valence-electron chi connectivity index (χ2n) is 3.54. The average molecular weight is 273 g/mol. The molecule has 0 aliphatic carbocycles. The molecule has 0 fully saturated rings. The summed E-state index contributed by atoms with van der Waals surface area (Å²) in [6.45, 7) is 0. The Morgan fingerprint density at radius 1 is 1.33 bits per heavy atom. The molecule has 1 aliphatic rings. The third-order valence-corrected chi connectivity index (χ3v) is 3.42. The van der Waals surface area contributed by atoms with Gasteiger partial charge in [0.1, 0.15) is 5.70 Å². The van der Waals surface area contributed by atoms with Crippen molar-refractivity contribution in [2.24, 2.45) is 4.99 Å². The van der Waals surface area contributed by atoms with Gasteiger partial charge in [-0.2, -0.15) is 13.2 Å². The summed E-state index contributed by atoms with van der Waals surface area (Å²) in [7, 11) is 0. The van der Waals surface area contributed by atoms with E-state index in [2.05, 4.69) is 15.3 Å². The maximum atomic E-state index is 12.7. The second kappa shape index (κ2) is 4.64. The zero-order valence-corrected chi connectivity index (χ0v) is 10.2. The van der Waals surface area contributed by atoms with Gasteiger partial charge in [0.25, 0.3) is 0 Å². The monoisotopic (exact) mass is 273 g/mol. The molecule has 0 amide bonds. The van der Waals surface area contributed by atoms with Gasteiger partial charge in [-0.25, -0.2) is 4.99 Å². The zero-order valence-electron chi connectivity index (χ0n) is 9.40. The Bertz CT molecular complexity index is 484. The molecule has 1 aromatic rings. The molecule has 0 aromatic carbocycles. The fraction of sp³-hybridized carbons (Fsp3) is 0.273. The summed E-state index contributed by atoms with van der Waals surface area (Å²) in [6, 6.07) is 5.05. The smallest absolute Gasteiger partial charge is 0.344 e. The summed E-state index contributed by atoms with van der Waals surface area (Å²) in [6.07, 6.45) is 0.846. The van der Waals surface area contributed by atoms with Crippen LogP contribution in [0.25, 0.3) is 0 Å². The van der Waals surface area contributed by atoms with E-state index < -0.39 is 16.9 Å². The summed E-state index contributed by atoms with van der Waals surface area (Å²) >= 11 is 1.15. The number of hydrogen-bond donors (Lipinski definition) is 1. The summed E-state index contributed by atoms with van der Waals surface area (Å²) < 4.78 is 38.1. The molecule has 1 atom stereocenters. The van der Waals surface area contributed by atoms with Gasteiger partial charge in [-0.15, -0.1) is 11.8 Å². The number of hydrogen-bond acceptors (Lipinski definition) is 4. The molecule has 2 rings (SSSR count). The van der Waals surface area contributed by atoms with Crippen LogP contribution in [0.15, 0.2) is 41.2 Å². The van der Waals surface area contributed by atoms with Crippen LogP contribution in [-0.4, -0.2) is 23.6 Å². The van der Waals surface area contributed by atoms with E-state index in [4.69, 9.17) is 0 Å². The largest absolute Gasteiger partial charge is 0.431 e. The van der Waals surface area contributed by atoms with E-state index in [0.29, 0.717) is 5.69 Å². The first-order chi connectivity index (χ1) is 8.48. The van der Waals surface area contributed by atoms with E-state index in [1.54, 1.807) is 24.5 Å². The fourth-order valence-corrected chi connectivity index (χ4v) is 2.25. The molecule has 18 heavy (non-hydrogen) atoms. The molecule has 1 aromatic heterocycles. The van der Waals surface area contributed by atoms with Gasteiger partial charge in [0.15, 0.2) is 0 Å². The lowest BCUT2D eigenvalue weighted by atomic mass is 10.2. The fourth-order valence-electron chi connectivity index (χ4n) is 1.54. The predicted octanol–water partition coefficient (Wildman–Crippen LogP) is 2.68. The Morgan fingerprint density at radius 3 is 2.67 bits per heavy atom. The number of alkyl halides is 3. The van der Waals surface area contributed by atoms with Gasteiger partial charge >= 0.3 is 6.18 Å². The number of aliphatic imine (C=N–C) groups is 1. The molecule has 96 valence electrons. The van der Waals surface area contributed by atoms with Crippen LogP contribution in [0.2, 0.25) is 0 Å². The number of pyridine rings is 1. The third kappa shape index (κ3) is 2.35. The SMILES string of the molecule is CSC1(c2ccccn2)N=CC=C(C(F)(F)F)N1. The highest BCUT2D eigenvalue weighted by atomic mass is 32.2. The molecule has 0 bridgehead atoms. The van der Waals surface area contributed by atoms with E-state index in [1.807, 2.05) is 0 Å². The molecular weight excluding hydrogens is 263 g/mol. The van der Waals surface area contributed by atoms with Crippen molar-refractivity contribution in [3.63, 3.8) is 0 Å². The Hall–Kier alpha value is -1.50. The normalized spacial score (nSPS) is 23.4. The van der Waals surface area contributed by atoms with Crippen molar-refractivity contribution in [2.45, 2.75) is 11.2 Å². The molecule has 0 radical (unpaired) electrons. The molecule has 1 unspecified atom stereocenters. The van der Waals surface area contributed by atoms with Gasteiger partial charge < -0.3 is 5.32 Å². The van der Waals surface area contributed by atoms with Gasteiger partial charge in [-0.05, 0) is 24.5 Å². The number of nitrogens with zero attached hydrogens (tertiary/aromatic N) is 2. The molecule has 0 spiro atoms. The van der Waals surface area contributed by atoms with E-state index in [0.717, 1.165) is 24.1 Å². The average Bonchev–Trinajstić information content (AvgIpc) is 2.39. The van der Waals surface area contributed by atoms with E-state index in [9.17, 15) is 13.2 Å². The molecule has 1 N–H and O–H groups in total. The van der Waals surface area contributed by atoms with Gasteiger partial charge in [-0.3, -0.25) is 4.98 Å². The number of halogens is 3. The zero-order chi connectivity index (χ0) is 13.2. The van der Waals surface area contributed by atoms with Crippen LogP contribution >= 0.6 is 11.8 Å². The number of nitrogens with one attached hydrogen (secondary N) is 1. The van der Waals surface area contributed by atoms with Crippen LogP contribution in [0.1, 0.15) is 5.69 Å². The lowest BCUT2D eigenvalue weighted by Crippen LogP contribution is -2.43. The van der Waals surface area contributed by atoms with Crippen molar-refractivity contribution in [1.82, 2.24) is 10.3 Å². The summed E-state index contributed by atoms with van der Waals surface area (Å²) in [4.78, 5) is 6.95. The third-order valence-electron chi connectivity index (χ3n) is 2.41. The first-order valence-corrected chi connectivity index (χ1v) is 6.28. The maximum absolute atomic E-state index is 12.7. The molecule has 0 saturated carbocycles. The first kappa shape index (κ1) is 12.9. The Balaban J connectivity index is 2.38. The quantitative estimate of drug-likeness (QED) is 0.900. The Morgan fingerprint density at radius 2 is 2.11 bits per heavy atom. The Labute approximate surface area is 106 Å². The van der Waals surface area contributed by atoms with Gasteiger partial charge in [0.05, 0.1) is 5.69 Å². The molecule has 0 saturated heterocycles. The topological polar surface area (TPSA) is 37.3 Å². The second-order valence-corrected chi connectivity index (χ2v) is 4.54. The lowest BCUT2D eigenvalue weighted by molar-refractivity contribution is -0.0984. The van der Waals surface area contributed by atoms with Crippen molar-refractivity contribution in [3.05, 3.63) is 41.9 Å². The van der Waals surface area contributed by atoms with Crippen LogP contribution in [0.4, 0.5) is 13.2 Å². The molecular formula is C11H10F3N3S. The molecule has 3 nitrogen and oxygen atoms in total. The number of thioether (sulfide) groups is 1. The Kier molecular flexibility index (Phi) is 3.34. The minimum Gasteiger partial charge on any atom is -0.344 e. The predicted molar refractivity (Wildman–Crippen MR) is 65.2 cm³/mol. The van der Waals surface area contributed by atoms with Crippen LogP contribution in [0.5, 0.6) is 0 Å². The highest BCUT2D eigenvalue weighted by Gasteiger charge is 2.42. The summed E-state index contributed by atoms with van der Waals surface area (Å²) in [5, 5.41) is 2.41. The van der Waals surface area contributed by atoms with Crippen molar-refractivity contribution in [3.8, 4) is 0 Å². The van der Waals surface area contributed by atoms with Crippen molar-refractivity contribution < 1.29 is 13.2 Å². The minimum absolute atomic E-state index is 0.434. The summed E-state index contributed by atoms with van der Waals surface area (Å²) in [5.74, 6) is 0. The highest BCUT2D eigenvalue weighted by molar-refractivity contribution is 7.99.